The van der Waals surface area contributed by atoms with Crippen LogP contribution in [0.25, 0.3) is 0 Å². The Morgan fingerprint density at radius 2 is 2.00 bits per heavy atom. The highest BCUT2D eigenvalue weighted by Crippen LogP contribution is 2.30. The first-order valence-electron chi connectivity index (χ1n) is 5.45. The molecule has 1 fully saturated rings. The van der Waals surface area contributed by atoms with Gasteiger partial charge in [-0.25, -0.2) is 15.8 Å². The van der Waals surface area contributed by atoms with Gasteiger partial charge in [-0.3, -0.25) is 10.1 Å². The molecule has 0 spiro atoms. The molecule has 2 rings (SSSR count). The van der Waals surface area contributed by atoms with Crippen LogP contribution in [0, 0.1) is 10.1 Å². The second kappa shape index (κ2) is 4.91. The number of anilines is 2. The highest BCUT2D eigenvalue weighted by Gasteiger charge is 2.25. The van der Waals surface area contributed by atoms with E-state index in [2.05, 4.69) is 20.7 Å². The standard InChI is InChI=1S/C9H14N6O2/c10-14-9-7(15(16)17)8(11-5-12-9)13-6-3-1-2-4-6/h5-6H,1-4,10H2,(H2,11,12,13,14). The van der Waals surface area contributed by atoms with E-state index in [0.29, 0.717) is 0 Å². The van der Waals surface area contributed by atoms with Crippen LogP contribution in [-0.2, 0) is 0 Å². The van der Waals surface area contributed by atoms with Gasteiger partial charge in [-0.05, 0) is 12.8 Å². The summed E-state index contributed by atoms with van der Waals surface area (Å²) in [6.45, 7) is 0. The predicted molar refractivity (Wildman–Crippen MR) is 62.4 cm³/mol. The number of nitrogens with two attached hydrogens (primary N) is 1. The number of nitrogens with one attached hydrogen (secondary N) is 2. The van der Waals surface area contributed by atoms with Crippen molar-refractivity contribution in [3.8, 4) is 0 Å². The SMILES string of the molecule is NNc1ncnc(NC2CCCC2)c1[N+](=O)[O-]. The molecule has 1 aliphatic carbocycles. The van der Waals surface area contributed by atoms with E-state index in [1.54, 1.807) is 0 Å². The second-order valence-corrected chi connectivity index (χ2v) is 3.95. The van der Waals surface area contributed by atoms with Crippen molar-refractivity contribution in [2.45, 2.75) is 31.7 Å². The Balaban J connectivity index is 2.28. The van der Waals surface area contributed by atoms with Gasteiger partial charge in [-0.2, -0.15) is 0 Å². The molecule has 8 heteroatoms. The summed E-state index contributed by atoms with van der Waals surface area (Å²) in [7, 11) is 0. The first-order valence-corrected chi connectivity index (χ1v) is 5.45. The molecule has 1 saturated carbocycles. The van der Waals surface area contributed by atoms with E-state index >= 15 is 0 Å². The summed E-state index contributed by atoms with van der Waals surface area (Å²) >= 11 is 0. The van der Waals surface area contributed by atoms with Gasteiger partial charge < -0.3 is 10.7 Å². The fourth-order valence-corrected chi connectivity index (χ4v) is 2.03. The van der Waals surface area contributed by atoms with Crippen molar-refractivity contribution in [2.75, 3.05) is 10.7 Å². The number of rotatable bonds is 4. The van der Waals surface area contributed by atoms with Crippen molar-refractivity contribution in [3.05, 3.63) is 16.4 Å². The minimum absolute atomic E-state index is 0.0190. The van der Waals surface area contributed by atoms with Crippen LogP contribution in [-0.4, -0.2) is 20.9 Å². The molecule has 1 heterocycles. The number of hydrazine groups is 1. The summed E-state index contributed by atoms with van der Waals surface area (Å²) in [5.41, 5.74) is 2.00. The Bertz CT molecular complexity index is 418. The Labute approximate surface area is 97.8 Å². The van der Waals surface area contributed by atoms with Gasteiger partial charge in [-0.1, -0.05) is 12.8 Å². The molecule has 1 aromatic rings. The molecular formula is C9H14N6O2. The second-order valence-electron chi connectivity index (χ2n) is 3.95. The average Bonchev–Trinajstić information content (AvgIpc) is 2.81. The largest absolute Gasteiger partial charge is 0.361 e. The zero-order chi connectivity index (χ0) is 12.3. The van der Waals surface area contributed by atoms with Gasteiger partial charge in [0.1, 0.15) is 6.33 Å². The van der Waals surface area contributed by atoms with Gasteiger partial charge in [-0.15, -0.1) is 0 Å². The Kier molecular flexibility index (Phi) is 3.33. The highest BCUT2D eigenvalue weighted by molar-refractivity contribution is 5.69. The lowest BCUT2D eigenvalue weighted by Crippen LogP contribution is -2.19. The van der Waals surface area contributed by atoms with Crippen molar-refractivity contribution < 1.29 is 4.92 Å². The quantitative estimate of drug-likeness (QED) is 0.407. The first-order chi connectivity index (χ1) is 8.22. The van der Waals surface area contributed by atoms with Gasteiger partial charge in [0.2, 0.25) is 11.6 Å². The van der Waals surface area contributed by atoms with E-state index in [4.69, 9.17) is 5.84 Å². The van der Waals surface area contributed by atoms with Gasteiger partial charge in [0.15, 0.2) is 0 Å². The number of hydrogen-bond acceptors (Lipinski definition) is 7. The monoisotopic (exact) mass is 238 g/mol. The Morgan fingerprint density at radius 3 is 2.59 bits per heavy atom. The maximum Gasteiger partial charge on any atom is 0.354 e. The summed E-state index contributed by atoms with van der Waals surface area (Å²) in [6.07, 6.45) is 5.54. The van der Waals surface area contributed by atoms with Crippen LogP contribution in [0.4, 0.5) is 17.3 Å². The first kappa shape index (κ1) is 11.5. The number of aromatic nitrogens is 2. The molecule has 92 valence electrons. The third kappa shape index (κ3) is 2.41. The van der Waals surface area contributed by atoms with E-state index in [9.17, 15) is 10.1 Å². The van der Waals surface area contributed by atoms with Crippen molar-refractivity contribution in [1.82, 2.24) is 9.97 Å². The molecule has 0 atom stereocenters. The van der Waals surface area contributed by atoms with Crippen LogP contribution >= 0.6 is 0 Å². The topological polar surface area (TPSA) is 119 Å². The van der Waals surface area contributed by atoms with Crippen molar-refractivity contribution in [1.29, 1.82) is 0 Å². The number of nitro groups is 1. The molecule has 4 N–H and O–H groups in total. The minimum Gasteiger partial charge on any atom is -0.361 e. The summed E-state index contributed by atoms with van der Waals surface area (Å²) < 4.78 is 0. The minimum atomic E-state index is -0.535. The van der Waals surface area contributed by atoms with Crippen LogP contribution in [0.2, 0.25) is 0 Å². The van der Waals surface area contributed by atoms with Crippen LogP contribution in [0.1, 0.15) is 25.7 Å². The summed E-state index contributed by atoms with van der Waals surface area (Å²) in [5.74, 6) is 5.44. The van der Waals surface area contributed by atoms with Crippen molar-refractivity contribution in [2.24, 2.45) is 5.84 Å². The normalized spacial score (nSPS) is 15.8. The van der Waals surface area contributed by atoms with E-state index < -0.39 is 4.92 Å². The van der Waals surface area contributed by atoms with E-state index in [1.807, 2.05) is 0 Å². The zero-order valence-corrected chi connectivity index (χ0v) is 9.22. The molecule has 1 aromatic heterocycles. The maximum atomic E-state index is 11.0. The lowest BCUT2D eigenvalue weighted by molar-refractivity contribution is -0.383. The molecular weight excluding hydrogens is 224 g/mol. The van der Waals surface area contributed by atoms with E-state index in [1.165, 1.54) is 6.33 Å². The summed E-state index contributed by atoms with van der Waals surface area (Å²) in [4.78, 5) is 18.1. The van der Waals surface area contributed by atoms with Crippen LogP contribution < -0.4 is 16.6 Å². The van der Waals surface area contributed by atoms with Gasteiger partial charge >= 0.3 is 5.69 Å². The third-order valence-corrected chi connectivity index (χ3v) is 2.84. The molecule has 0 saturated heterocycles. The summed E-state index contributed by atoms with van der Waals surface area (Å²) in [6, 6.07) is 0.245. The van der Waals surface area contributed by atoms with Gasteiger partial charge in [0.05, 0.1) is 4.92 Å². The smallest absolute Gasteiger partial charge is 0.354 e. The Hall–Kier alpha value is -1.96. The lowest BCUT2D eigenvalue weighted by atomic mass is 10.2. The molecule has 8 nitrogen and oxygen atoms in total. The maximum absolute atomic E-state index is 11.0. The fraction of sp³-hybridized carbons (Fsp3) is 0.556. The van der Waals surface area contributed by atoms with Crippen LogP contribution in [0.5, 0.6) is 0 Å². The Morgan fingerprint density at radius 1 is 1.35 bits per heavy atom. The average molecular weight is 238 g/mol. The zero-order valence-electron chi connectivity index (χ0n) is 9.22. The van der Waals surface area contributed by atoms with Gasteiger partial charge in [0, 0.05) is 6.04 Å². The van der Waals surface area contributed by atoms with E-state index in [0.717, 1.165) is 25.7 Å². The number of nitrogen functional groups attached to an aromatic ring is 1. The van der Waals surface area contributed by atoms with Crippen molar-refractivity contribution >= 4 is 17.3 Å². The molecule has 0 amide bonds. The lowest BCUT2D eigenvalue weighted by Gasteiger charge is -2.13. The third-order valence-electron chi connectivity index (χ3n) is 2.84. The van der Waals surface area contributed by atoms with Crippen molar-refractivity contribution in [3.63, 3.8) is 0 Å². The predicted octanol–water partition coefficient (Wildman–Crippen LogP) is 1.02. The number of hydrogen-bond donors (Lipinski definition) is 3. The molecule has 0 aromatic carbocycles. The highest BCUT2D eigenvalue weighted by atomic mass is 16.6. The fourth-order valence-electron chi connectivity index (χ4n) is 2.03. The van der Waals surface area contributed by atoms with E-state index in [-0.39, 0.29) is 23.4 Å². The molecule has 0 bridgehead atoms. The molecule has 1 aliphatic rings. The molecule has 0 radical (unpaired) electrons. The summed E-state index contributed by atoms with van der Waals surface area (Å²) in [5, 5.41) is 14.0. The molecule has 0 aliphatic heterocycles. The number of nitrogens with zero attached hydrogens (tertiary/aromatic N) is 3. The van der Waals surface area contributed by atoms with Gasteiger partial charge in [0.25, 0.3) is 0 Å². The van der Waals surface area contributed by atoms with Crippen LogP contribution in [0.3, 0.4) is 0 Å². The molecule has 17 heavy (non-hydrogen) atoms. The molecule has 0 unspecified atom stereocenters. The van der Waals surface area contributed by atoms with Crippen LogP contribution in [0.15, 0.2) is 6.33 Å².